The van der Waals surface area contributed by atoms with Crippen LogP contribution in [0.4, 0.5) is 74.6 Å². The first-order valence-electron chi connectivity index (χ1n) is 36.4. The van der Waals surface area contributed by atoms with Gasteiger partial charge in [0.05, 0.1) is 32.7 Å². The van der Waals surface area contributed by atoms with Crippen molar-refractivity contribution in [3.63, 3.8) is 0 Å². The third-order valence-corrected chi connectivity index (χ3v) is 25.8. The standard InChI is InChI=1S/C20H19F5N2O3S.2C20H21F5N2O2S.C18H20F2N2O2S.B/c21-13-3-10-17(18(22)11-13)12-1-8-16(9-2-12)31(29,30)27-15-6-4-14(5-7-15)26-19(28)20(23,24)25;2*21-14-3-10-18(19(22)11-14)13-1-8-17(9-2-13)30(28,29)27-16-6-4-15(5-7-16)26-12-20(23,24)25;19-13-3-10-17(18(20)11-13)12-1-8-16(9-2-12)25(23,24)22-15-6-4-14(21)5-7-15;/h1-3,8-11,14-15,27H,4-7H2,(H,26,28);2*1-3,8-11,15-16,26-27H,4-7,12H2;1-3,8-11,14-15,22H,4-7,21H2;. The van der Waals surface area contributed by atoms with Crippen molar-refractivity contribution in [3.05, 3.63) is 216 Å². The molecule has 117 heavy (non-hydrogen) atoms. The number of carbonyl (C=O) groups excluding carboxylic acids is 1. The lowest BCUT2D eigenvalue weighted by Gasteiger charge is -2.29. The summed E-state index contributed by atoms with van der Waals surface area (Å²) >= 11 is 0. The molecule has 0 aromatic heterocycles. The van der Waals surface area contributed by atoms with Crippen LogP contribution in [0.3, 0.4) is 0 Å². The third kappa shape index (κ3) is 28.4. The highest BCUT2D eigenvalue weighted by molar-refractivity contribution is 7.90. The fraction of sp³-hybridized carbons (Fsp3) is 0.372. The van der Waals surface area contributed by atoms with E-state index in [1.165, 1.54) is 127 Å². The Balaban J connectivity index is 0.000000195. The van der Waals surface area contributed by atoms with E-state index in [0.717, 1.165) is 68.1 Å². The minimum atomic E-state index is -4.96. The van der Waals surface area contributed by atoms with Crippen LogP contribution in [0.15, 0.2) is 189 Å². The van der Waals surface area contributed by atoms with Crippen molar-refractivity contribution in [2.24, 2.45) is 5.73 Å². The van der Waals surface area contributed by atoms with Crippen molar-refractivity contribution in [2.45, 2.75) is 189 Å². The molecule has 8 aromatic carbocycles. The topological polar surface area (TPSA) is 264 Å². The zero-order valence-corrected chi connectivity index (χ0v) is 65.2. The maximum atomic E-state index is 13.9. The molecule has 0 spiro atoms. The Morgan fingerprint density at radius 3 is 0.718 bits per heavy atom. The second-order valence-corrected chi connectivity index (χ2v) is 35.2. The van der Waals surface area contributed by atoms with Gasteiger partial charge in [-0.3, -0.25) is 4.79 Å². The summed E-state index contributed by atoms with van der Waals surface area (Å²) in [6.07, 6.45) is -6.08. The fourth-order valence-corrected chi connectivity index (χ4v) is 18.7. The fourth-order valence-electron chi connectivity index (χ4n) is 13.5. The molecule has 17 nitrogen and oxygen atoms in total. The molecule has 9 N–H and O–H groups in total. The minimum Gasteiger partial charge on any atom is -0.346 e. The van der Waals surface area contributed by atoms with E-state index in [1.807, 2.05) is 5.32 Å². The molecule has 39 heteroatoms. The molecule has 4 saturated carbocycles. The van der Waals surface area contributed by atoms with Crippen molar-refractivity contribution in [1.29, 1.82) is 0 Å². The van der Waals surface area contributed by atoms with E-state index in [-0.39, 0.29) is 112 Å². The number of benzene rings is 8. The Kier molecular flexibility index (Phi) is 32.6. The predicted octanol–water partition coefficient (Wildman–Crippen LogP) is 15.4. The first kappa shape index (κ1) is 94.1. The Bertz CT molecular complexity index is 4960. The maximum absolute atomic E-state index is 13.9. The summed E-state index contributed by atoms with van der Waals surface area (Å²) < 4.78 is 329. The highest BCUT2D eigenvalue weighted by Gasteiger charge is 2.41. The number of rotatable bonds is 21. The molecule has 0 unspecified atom stereocenters. The number of amides is 1. The molecule has 0 saturated heterocycles. The van der Waals surface area contributed by atoms with Crippen LogP contribution >= 0.6 is 0 Å². The summed E-state index contributed by atoms with van der Waals surface area (Å²) in [6.45, 7) is -2.12. The number of nitrogens with two attached hydrogens (primary N) is 1. The lowest BCUT2D eigenvalue weighted by molar-refractivity contribution is -0.174. The van der Waals surface area contributed by atoms with Gasteiger partial charge in [0.15, 0.2) is 0 Å². The van der Waals surface area contributed by atoms with Gasteiger partial charge in [0, 0.05) is 103 Å². The number of alkyl halides is 9. The first-order chi connectivity index (χ1) is 54.4. The van der Waals surface area contributed by atoms with Crippen LogP contribution in [-0.2, 0) is 44.9 Å². The van der Waals surface area contributed by atoms with E-state index >= 15 is 0 Å². The Morgan fingerprint density at radius 1 is 0.308 bits per heavy atom. The molecule has 0 heterocycles. The van der Waals surface area contributed by atoms with Crippen LogP contribution < -0.4 is 40.6 Å². The van der Waals surface area contributed by atoms with E-state index in [0.29, 0.717) is 73.6 Å². The van der Waals surface area contributed by atoms with Gasteiger partial charge in [0.25, 0.3) is 0 Å². The van der Waals surface area contributed by atoms with E-state index in [1.54, 1.807) is 0 Å². The van der Waals surface area contributed by atoms with E-state index in [4.69, 9.17) is 5.73 Å². The summed E-state index contributed by atoms with van der Waals surface area (Å²) in [6, 6.07) is 32.5. The number of carbonyl (C=O) groups is 1. The summed E-state index contributed by atoms with van der Waals surface area (Å²) in [7, 11) is -15.2. The molecule has 4 fully saturated rings. The van der Waals surface area contributed by atoms with Crippen LogP contribution in [0.2, 0.25) is 0 Å². The largest absolute Gasteiger partial charge is 0.471 e. The molecule has 0 bridgehead atoms. The first-order valence-corrected chi connectivity index (χ1v) is 42.4. The van der Waals surface area contributed by atoms with Crippen LogP contribution in [0, 0.1) is 46.5 Å². The molecule has 0 atom stereocenters. The van der Waals surface area contributed by atoms with Crippen molar-refractivity contribution in [2.75, 3.05) is 13.1 Å². The van der Waals surface area contributed by atoms with Gasteiger partial charge in [-0.2, -0.15) is 39.5 Å². The quantitative estimate of drug-likeness (QED) is 0.0247. The Morgan fingerprint density at radius 2 is 0.513 bits per heavy atom. The SMILES string of the molecule is NC1CCC(NS(=O)(=O)c2ccc(-c3ccc(F)cc3F)cc2)CC1.O=C(NC1CCC(NS(=O)(=O)c2ccc(-c3ccc(F)cc3F)cc2)CC1)C(F)(F)F.O=S(=O)(NC1CCC(NCC(F)(F)F)CC1)c1ccc(-c2ccc(F)cc2F)cc1.O=S(=O)(NC1CCC(NCC(F)(F)F)CC1)c1ccc(-c2ccc(F)cc2F)cc1.[B]. The van der Waals surface area contributed by atoms with Crippen LogP contribution in [0.5, 0.6) is 0 Å². The lowest BCUT2D eigenvalue weighted by Crippen LogP contribution is -2.47. The average Bonchev–Trinajstić information content (AvgIpc) is 0.820. The van der Waals surface area contributed by atoms with E-state index in [9.17, 15) is 113 Å². The smallest absolute Gasteiger partial charge is 0.346 e. The van der Waals surface area contributed by atoms with Gasteiger partial charge in [-0.15, -0.1) is 0 Å². The number of sulfonamides is 4. The maximum Gasteiger partial charge on any atom is 0.471 e. The van der Waals surface area contributed by atoms with Crippen LogP contribution in [-0.4, -0.2) is 128 Å². The van der Waals surface area contributed by atoms with Gasteiger partial charge < -0.3 is 21.7 Å². The van der Waals surface area contributed by atoms with Gasteiger partial charge in [0.2, 0.25) is 40.1 Å². The highest BCUT2D eigenvalue weighted by Crippen LogP contribution is 2.33. The number of hydrogen-bond donors (Lipinski definition) is 8. The van der Waals surface area contributed by atoms with Gasteiger partial charge in [-0.05, 0) is 222 Å². The van der Waals surface area contributed by atoms with Crippen molar-refractivity contribution in [1.82, 2.24) is 34.8 Å². The van der Waals surface area contributed by atoms with Gasteiger partial charge in [-0.1, -0.05) is 48.5 Å². The Labute approximate surface area is 667 Å². The predicted molar refractivity (Wildman–Crippen MR) is 405 cm³/mol. The monoisotopic (exact) mass is 1740 g/mol. The highest BCUT2D eigenvalue weighted by atomic mass is 32.2. The molecule has 12 rings (SSSR count). The zero-order valence-electron chi connectivity index (χ0n) is 61.9. The molecule has 3 radical (unpaired) electrons. The van der Waals surface area contributed by atoms with Crippen LogP contribution in [0.1, 0.15) is 103 Å². The van der Waals surface area contributed by atoms with E-state index < -0.39 is 136 Å². The second-order valence-electron chi connectivity index (χ2n) is 28.3. The number of nitrogens with one attached hydrogen (secondary N) is 7. The zero-order chi connectivity index (χ0) is 84.7. The van der Waals surface area contributed by atoms with Crippen molar-refractivity contribution < 1.29 is 113 Å². The summed E-state index contributed by atoms with van der Waals surface area (Å²) in [4.78, 5) is 11.0. The normalized spacial score (nSPS) is 20.2. The summed E-state index contributed by atoms with van der Waals surface area (Å²) in [5.74, 6) is -7.76. The second kappa shape index (κ2) is 40.6. The summed E-state index contributed by atoms with van der Waals surface area (Å²) in [5, 5.41) is 6.81. The molecule has 4 aliphatic rings. The molecular formula is C78H81BF17N8O9S4. The molecule has 1 amide bonds. The molecule has 4 aliphatic carbocycles. The third-order valence-electron chi connectivity index (χ3n) is 19.6. The number of hydrogen-bond acceptors (Lipinski definition) is 12. The lowest BCUT2D eigenvalue weighted by atomic mass is 9.92. The average molecular weight is 1740 g/mol. The van der Waals surface area contributed by atoms with Crippen molar-refractivity contribution >= 4 is 54.4 Å². The molecule has 633 valence electrons. The molecular weight excluding hydrogens is 1650 g/mol. The Hall–Kier alpha value is -8.38. The van der Waals surface area contributed by atoms with Crippen LogP contribution in [0.25, 0.3) is 44.5 Å². The van der Waals surface area contributed by atoms with Gasteiger partial charge in [0.1, 0.15) is 46.5 Å². The molecule has 0 aliphatic heterocycles. The minimum absolute atomic E-state index is 0. The number of halogens is 17. The van der Waals surface area contributed by atoms with Gasteiger partial charge in [-0.25, -0.2) is 87.7 Å². The van der Waals surface area contributed by atoms with Gasteiger partial charge >= 0.3 is 24.4 Å². The molecule has 8 aromatic rings. The van der Waals surface area contributed by atoms with Crippen molar-refractivity contribution in [3.8, 4) is 44.5 Å². The summed E-state index contributed by atoms with van der Waals surface area (Å²) in [5.41, 5.74) is 8.15. The van der Waals surface area contributed by atoms with E-state index in [2.05, 4.69) is 29.5 Å².